The van der Waals surface area contributed by atoms with Gasteiger partial charge in [-0.1, -0.05) is 0 Å². The molecule has 3 N–H and O–H groups in total. The van der Waals surface area contributed by atoms with E-state index in [1.807, 2.05) is 25.1 Å². The third-order valence-corrected chi connectivity index (χ3v) is 2.44. The van der Waals surface area contributed by atoms with Gasteiger partial charge in [-0.15, -0.1) is 0 Å². The van der Waals surface area contributed by atoms with E-state index < -0.39 is 0 Å². The van der Waals surface area contributed by atoms with Gasteiger partial charge in [0, 0.05) is 17.8 Å². The van der Waals surface area contributed by atoms with Crippen LogP contribution in [0.1, 0.15) is 11.4 Å². The smallest absolute Gasteiger partial charge is 0.345 e. The summed E-state index contributed by atoms with van der Waals surface area (Å²) in [5, 5.41) is 0. The molecule has 0 fully saturated rings. The molecule has 0 aliphatic heterocycles. The fourth-order valence-electron chi connectivity index (χ4n) is 1.61. The van der Waals surface area contributed by atoms with E-state index in [0.717, 1.165) is 17.1 Å². The SMILES string of the molecule is Cc1cc(CCOc2ccc(N)cc2)nc(=O)[nH]1. The zero-order chi connectivity index (χ0) is 13.0. The first kappa shape index (κ1) is 12.2. The molecule has 0 saturated carbocycles. The molecule has 18 heavy (non-hydrogen) atoms. The highest BCUT2D eigenvalue weighted by atomic mass is 16.5. The molecule has 2 rings (SSSR count). The average Bonchev–Trinajstić information content (AvgIpc) is 2.30. The first-order chi connectivity index (χ1) is 8.63. The van der Waals surface area contributed by atoms with Crippen molar-refractivity contribution in [1.29, 1.82) is 0 Å². The minimum atomic E-state index is -0.322. The van der Waals surface area contributed by atoms with Crippen LogP contribution in [0, 0.1) is 6.92 Å². The molecule has 0 spiro atoms. The van der Waals surface area contributed by atoms with Gasteiger partial charge < -0.3 is 15.5 Å². The zero-order valence-corrected chi connectivity index (χ0v) is 10.1. The Kier molecular flexibility index (Phi) is 3.62. The Labute approximate surface area is 105 Å². The molecule has 0 unspecified atom stereocenters. The lowest BCUT2D eigenvalue weighted by Crippen LogP contribution is -2.15. The maximum Gasteiger partial charge on any atom is 0.345 e. The minimum absolute atomic E-state index is 0.322. The van der Waals surface area contributed by atoms with Crippen LogP contribution >= 0.6 is 0 Å². The number of hydrogen-bond acceptors (Lipinski definition) is 4. The molecule has 94 valence electrons. The van der Waals surface area contributed by atoms with E-state index in [9.17, 15) is 4.79 Å². The van der Waals surface area contributed by atoms with Crippen LogP contribution in [-0.2, 0) is 6.42 Å². The van der Waals surface area contributed by atoms with Gasteiger partial charge in [-0.2, -0.15) is 4.98 Å². The largest absolute Gasteiger partial charge is 0.493 e. The molecule has 1 heterocycles. The number of rotatable bonds is 4. The van der Waals surface area contributed by atoms with Crippen molar-refractivity contribution in [1.82, 2.24) is 9.97 Å². The number of nitrogens with one attached hydrogen (secondary N) is 1. The lowest BCUT2D eigenvalue weighted by Gasteiger charge is -2.06. The molecule has 5 heteroatoms. The topological polar surface area (TPSA) is 81.0 Å². The van der Waals surface area contributed by atoms with Gasteiger partial charge in [0.1, 0.15) is 5.75 Å². The standard InChI is InChI=1S/C13H15N3O2/c1-9-8-11(16-13(17)15-9)6-7-18-12-4-2-10(14)3-5-12/h2-5,8H,6-7,14H2,1H3,(H,15,16,17). The van der Waals surface area contributed by atoms with Crippen LogP contribution in [0.2, 0.25) is 0 Å². The summed E-state index contributed by atoms with van der Waals surface area (Å²) in [6, 6.07) is 9.03. The lowest BCUT2D eigenvalue weighted by molar-refractivity contribution is 0.320. The molecule has 0 amide bonds. The van der Waals surface area contributed by atoms with Gasteiger partial charge in [-0.25, -0.2) is 4.79 Å². The van der Waals surface area contributed by atoms with E-state index in [0.29, 0.717) is 18.7 Å². The summed E-state index contributed by atoms with van der Waals surface area (Å²) in [6.45, 7) is 2.30. The third-order valence-electron chi connectivity index (χ3n) is 2.44. The van der Waals surface area contributed by atoms with Crippen molar-refractivity contribution in [2.45, 2.75) is 13.3 Å². The maximum atomic E-state index is 11.2. The van der Waals surface area contributed by atoms with E-state index in [1.165, 1.54) is 0 Å². The number of ether oxygens (including phenoxy) is 1. The Balaban J connectivity index is 1.92. The highest BCUT2D eigenvalue weighted by Crippen LogP contribution is 2.13. The van der Waals surface area contributed by atoms with Gasteiger partial charge in [-0.3, -0.25) is 0 Å². The van der Waals surface area contributed by atoms with Crippen molar-refractivity contribution >= 4 is 5.69 Å². The molecule has 1 aromatic carbocycles. The fraction of sp³-hybridized carbons (Fsp3) is 0.231. The minimum Gasteiger partial charge on any atom is -0.493 e. The van der Waals surface area contributed by atoms with Gasteiger partial charge in [0.2, 0.25) is 0 Å². The number of aromatic amines is 1. The number of anilines is 1. The van der Waals surface area contributed by atoms with Crippen LogP contribution in [0.25, 0.3) is 0 Å². The Morgan fingerprint density at radius 2 is 2.06 bits per heavy atom. The summed E-state index contributed by atoms with van der Waals surface area (Å²) < 4.78 is 5.54. The summed E-state index contributed by atoms with van der Waals surface area (Å²) in [4.78, 5) is 17.6. The first-order valence-corrected chi connectivity index (χ1v) is 5.69. The highest BCUT2D eigenvalue weighted by molar-refractivity contribution is 5.41. The van der Waals surface area contributed by atoms with E-state index in [2.05, 4.69) is 9.97 Å². The zero-order valence-electron chi connectivity index (χ0n) is 10.1. The number of aromatic nitrogens is 2. The molecular weight excluding hydrogens is 230 g/mol. The van der Waals surface area contributed by atoms with Gasteiger partial charge in [0.25, 0.3) is 0 Å². The van der Waals surface area contributed by atoms with Crippen molar-refractivity contribution in [2.75, 3.05) is 12.3 Å². The number of H-pyrrole nitrogens is 1. The fourth-order valence-corrected chi connectivity index (χ4v) is 1.61. The lowest BCUT2D eigenvalue weighted by atomic mass is 10.2. The van der Waals surface area contributed by atoms with Crippen molar-refractivity contribution in [3.05, 3.63) is 52.2 Å². The number of benzene rings is 1. The number of nitrogen functional groups attached to an aromatic ring is 1. The molecule has 0 atom stereocenters. The van der Waals surface area contributed by atoms with Crippen molar-refractivity contribution < 1.29 is 4.74 Å². The Morgan fingerprint density at radius 3 is 2.72 bits per heavy atom. The monoisotopic (exact) mass is 245 g/mol. The summed E-state index contributed by atoms with van der Waals surface area (Å²) >= 11 is 0. The summed E-state index contributed by atoms with van der Waals surface area (Å²) in [5.41, 5.74) is 7.49. The van der Waals surface area contributed by atoms with Gasteiger partial charge >= 0.3 is 5.69 Å². The molecule has 0 radical (unpaired) electrons. The Bertz CT molecular complexity index is 576. The van der Waals surface area contributed by atoms with E-state index in [-0.39, 0.29) is 5.69 Å². The summed E-state index contributed by atoms with van der Waals surface area (Å²) in [6.07, 6.45) is 0.592. The van der Waals surface area contributed by atoms with Crippen LogP contribution in [0.15, 0.2) is 35.1 Å². The molecular formula is C13H15N3O2. The third kappa shape index (κ3) is 3.35. The molecule has 1 aromatic heterocycles. The van der Waals surface area contributed by atoms with E-state index >= 15 is 0 Å². The number of hydrogen-bond donors (Lipinski definition) is 2. The Hall–Kier alpha value is -2.30. The van der Waals surface area contributed by atoms with Gasteiger partial charge in [0.05, 0.1) is 12.3 Å². The quantitative estimate of drug-likeness (QED) is 0.795. The normalized spacial score (nSPS) is 10.3. The first-order valence-electron chi connectivity index (χ1n) is 5.69. The van der Waals surface area contributed by atoms with Crippen LogP contribution in [0.4, 0.5) is 5.69 Å². The molecule has 5 nitrogen and oxygen atoms in total. The predicted molar refractivity (Wildman–Crippen MR) is 69.6 cm³/mol. The van der Waals surface area contributed by atoms with Crippen molar-refractivity contribution in [3.63, 3.8) is 0 Å². The molecule has 0 bridgehead atoms. The van der Waals surface area contributed by atoms with Crippen LogP contribution in [0.3, 0.4) is 0 Å². The second-order valence-corrected chi connectivity index (χ2v) is 4.03. The molecule has 0 saturated heterocycles. The van der Waals surface area contributed by atoms with Crippen LogP contribution in [0.5, 0.6) is 5.75 Å². The van der Waals surface area contributed by atoms with Gasteiger partial charge in [-0.05, 0) is 37.3 Å². The number of nitrogens with two attached hydrogens (primary N) is 1. The second-order valence-electron chi connectivity index (χ2n) is 4.03. The van der Waals surface area contributed by atoms with Crippen LogP contribution in [-0.4, -0.2) is 16.6 Å². The van der Waals surface area contributed by atoms with E-state index in [4.69, 9.17) is 10.5 Å². The Morgan fingerprint density at radius 1 is 1.33 bits per heavy atom. The number of nitrogens with zero attached hydrogens (tertiary/aromatic N) is 1. The summed E-state index contributed by atoms with van der Waals surface area (Å²) in [7, 11) is 0. The molecule has 0 aliphatic carbocycles. The molecule has 0 aliphatic rings. The van der Waals surface area contributed by atoms with Gasteiger partial charge in [0.15, 0.2) is 0 Å². The number of aryl methyl sites for hydroxylation is 1. The van der Waals surface area contributed by atoms with Crippen LogP contribution < -0.4 is 16.2 Å². The van der Waals surface area contributed by atoms with Crippen molar-refractivity contribution in [2.24, 2.45) is 0 Å². The van der Waals surface area contributed by atoms with E-state index in [1.54, 1.807) is 12.1 Å². The summed E-state index contributed by atoms with van der Waals surface area (Å²) in [5.74, 6) is 0.755. The molecule has 2 aromatic rings. The van der Waals surface area contributed by atoms with Crippen molar-refractivity contribution in [3.8, 4) is 5.75 Å². The highest BCUT2D eigenvalue weighted by Gasteiger charge is 1.99. The average molecular weight is 245 g/mol. The maximum absolute atomic E-state index is 11.2. The second kappa shape index (κ2) is 5.35. The predicted octanol–water partition coefficient (Wildman–Crippen LogP) is 1.28.